The summed E-state index contributed by atoms with van der Waals surface area (Å²) < 4.78 is 45.5. The zero-order valence-corrected chi connectivity index (χ0v) is 17.8. The Morgan fingerprint density at radius 2 is 1.88 bits per heavy atom. The smallest absolute Gasteiger partial charge is 0.416 e. The predicted molar refractivity (Wildman–Crippen MR) is 119 cm³/mol. The van der Waals surface area contributed by atoms with Crippen LogP contribution in [-0.2, 0) is 12.7 Å². The first-order valence-electron chi connectivity index (χ1n) is 9.68. The Labute approximate surface area is 190 Å². The summed E-state index contributed by atoms with van der Waals surface area (Å²) in [5, 5.41) is 5.36. The SMILES string of the molecule is NC(=O)c1cccc(-c2ccc(Oc3ccc(C(F)(F)F)cc3CNc3nccs3)cc2)n1. The van der Waals surface area contributed by atoms with E-state index in [1.165, 1.54) is 23.5 Å². The van der Waals surface area contributed by atoms with Crippen LogP contribution in [0.2, 0.25) is 0 Å². The van der Waals surface area contributed by atoms with E-state index in [1.807, 2.05) is 0 Å². The first-order valence-corrected chi connectivity index (χ1v) is 10.6. The molecule has 0 aliphatic carbocycles. The van der Waals surface area contributed by atoms with E-state index in [9.17, 15) is 18.0 Å². The average Bonchev–Trinajstić information content (AvgIpc) is 3.32. The van der Waals surface area contributed by atoms with Gasteiger partial charge in [0.2, 0.25) is 0 Å². The molecule has 0 bridgehead atoms. The molecule has 0 atom stereocenters. The van der Waals surface area contributed by atoms with Gasteiger partial charge in [-0.1, -0.05) is 6.07 Å². The second-order valence-corrected chi connectivity index (χ2v) is 7.80. The van der Waals surface area contributed by atoms with Crippen molar-refractivity contribution in [2.45, 2.75) is 12.7 Å². The van der Waals surface area contributed by atoms with Crippen molar-refractivity contribution in [3.63, 3.8) is 0 Å². The lowest BCUT2D eigenvalue weighted by Crippen LogP contribution is -2.12. The van der Waals surface area contributed by atoms with Gasteiger partial charge in [-0.05, 0) is 54.6 Å². The number of nitrogens with zero attached hydrogens (tertiary/aromatic N) is 2. The summed E-state index contributed by atoms with van der Waals surface area (Å²) >= 11 is 1.34. The number of nitrogens with two attached hydrogens (primary N) is 1. The number of anilines is 1. The number of rotatable bonds is 7. The number of carbonyl (C=O) groups is 1. The molecule has 0 saturated carbocycles. The number of hydrogen-bond donors (Lipinski definition) is 2. The van der Waals surface area contributed by atoms with E-state index < -0.39 is 17.6 Å². The average molecular weight is 470 g/mol. The van der Waals surface area contributed by atoms with Crippen molar-refractivity contribution in [1.82, 2.24) is 9.97 Å². The van der Waals surface area contributed by atoms with Crippen LogP contribution < -0.4 is 15.8 Å². The van der Waals surface area contributed by atoms with Gasteiger partial charge >= 0.3 is 6.18 Å². The lowest BCUT2D eigenvalue weighted by atomic mass is 10.1. The zero-order valence-electron chi connectivity index (χ0n) is 17.0. The second-order valence-electron chi connectivity index (χ2n) is 6.91. The Kier molecular flexibility index (Phi) is 6.27. The third kappa shape index (κ3) is 5.47. The van der Waals surface area contributed by atoms with Crippen LogP contribution in [-0.4, -0.2) is 15.9 Å². The number of alkyl halides is 3. The highest BCUT2D eigenvalue weighted by Crippen LogP contribution is 2.35. The summed E-state index contributed by atoms with van der Waals surface area (Å²) in [6, 6.07) is 15.1. The molecule has 4 aromatic rings. The molecule has 168 valence electrons. The maximum Gasteiger partial charge on any atom is 0.416 e. The minimum Gasteiger partial charge on any atom is -0.457 e. The Morgan fingerprint density at radius 1 is 1.09 bits per heavy atom. The number of pyridine rings is 1. The number of thiazole rings is 1. The van der Waals surface area contributed by atoms with Gasteiger partial charge in [0.1, 0.15) is 17.2 Å². The summed E-state index contributed by atoms with van der Waals surface area (Å²) in [4.78, 5) is 19.6. The summed E-state index contributed by atoms with van der Waals surface area (Å²) in [5.41, 5.74) is 6.28. The third-order valence-corrected chi connectivity index (χ3v) is 5.36. The fraction of sp³-hybridized carbons (Fsp3) is 0.0870. The van der Waals surface area contributed by atoms with Gasteiger partial charge in [0.05, 0.1) is 11.3 Å². The Morgan fingerprint density at radius 3 is 2.55 bits per heavy atom. The van der Waals surface area contributed by atoms with Crippen molar-refractivity contribution in [2.75, 3.05) is 5.32 Å². The van der Waals surface area contributed by atoms with Crippen molar-refractivity contribution in [1.29, 1.82) is 0 Å². The molecule has 6 nitrogen and oxygen atoms in total. The number of nitrogens with one attached hydrogen (secondary N) is 1. The van der Waals surface area contributed by atoms with Gasteiger partial charge in [-0.25, -0.2) is 9.97 Å². The lowest BCUT2D eigenvalue weighted by Gasteiger charge is -2.15. The van der Waals surface area contributed by atoms with Crippen LogP contribution in [0.5, 0.6) is 11.5 Å². The number of ether oxygens (including phenoxy) is 1. The molecule has 2 heterocycles. The number of carbonyl (C=O) groups excluding carboxylic acids is 1. The maximum atomic E-state index is 13.2. The topological polar surface area (TPSA) is 90.1 Å². The number of primary amides is 1. The largest absolute Gasteiger partial charge is 0.457 e. The molecule has 0 spiro atoms. The molecule has 0 fully saturated rings. The number of aromatic nitrogens is 2. The van der Waals surface area contributed by atoms with Crippen molar-refractivity contribution in [2.24, 2.45) is 5.73 Å². The standard InChI is InChI=1S/C23H17F3N4O2S/c24-23(25,26)16-6-9-20(15(12-16)13-29-22-28-10-11-33-22)32-17-7-4-14(5-8-17)18-2-1-3-19(30-18)21(27)31/h1-12H,13H2,(H2,27,31)(H,28,29). The molecule has 1 amide bonds. The molecule has 0 radical (unpaired) electrons. The quantitative estimate of drug-likeness (QED) is 0.360. The van der Waals surface area contributed by atoms with Crippen LogP contribution in [0.3, 0.4) is 0 Å². The molecule has 0 aliphatic heterocycles. The Balaban J connectivity index is 1.57. The molecule has 2 aromatic heterocycles. The molecule has 0 unspecified atom stereocenters. The van der Waals surface area contributed by atoms with Gasteiger partial charge in [-0.15, -0.1) is 11.3 Å². The summed E-state index contributed by atoms with van der Waals surface area (Å²) in [5.74, 6) is 0.0896. The van der Waals surface area contributed by atoms with Crippen molar-refractivity contribution < 1.29 is 22.7 Å². The molecule has 3 N–H and O–H groups in total. The molecule has 2 aromatic carbocycles. The van der Waals surface area contributed by atoms with E-state index in [-0.39, 0.29) is 18.0 Å². The molecule has 0 aliphatic rings. The molecule has 10 heteroatoms. The molecule has 4 rings (SSSR count). The van der Waals surface area contributed by atoms with E-state index in [1.54, 1.807) is 48.0 Å². The number of benzene rings is 2. The van der Waals surface area contributed by atoms with Gasteiger partial charge in [0.15, 0.2) is 5.13 Å². The summed E-state index contributed by atoms with van der Waals surface area (Å²) in [6.45, 7) is 0.106. The van der Waals surface area contributed by atoms with Crippen LogP contribution in [0.15, 0.2) is 72.2 Å². The molecular weight excluding hydrogens is 453 g/mol. The van der Waals surface area contributed by atoms with Crippen molar-refractivity contribution in [3.8, 4) is 22.8 Å². The lowest BCUT2D eigenvalue weighted by molar-refractivity contribution is -0.137. The molecular formula is C23H17F3N4O2S. The number of hydrogen-bond acceptors (Lipinski definition) is 6. The van der Waals surface area contributed by atoms with Gasteiger partial charge in [-0.2, -0.15) is 13.2 Å². The summed E-state index contributed by atoms with van der Waals surface area (Å²) in [7, 11) is 0. The number of halogens is 3. The fourth-order valence-corrected chi connectivity index (χ4v) is 3.56. The minimum absolute atomic E-state index is 0.106. The van der Waals surface area contributed by atoms with E-state index in [0.29, 0.717) is 22.1 Å². The van der Waals surface area contributed by atoms with Gasteiger partial charge in [0.25, 0.3) is 5.91 Å². The van der Waals surface area contributed by atoms with E-state index >= 15 is 0 Å². The van der Waals surface area contributed by atoms with Crippen LogP contribution >= 0.6 is 11.3 Å². The van der Waals surface area contributed by atoms with Crippen LogP contribution in [0, 0.1) is 0 Å². The first kappa shape index (κ1) is 22.3. The fourth-order valence-electron chi connectivity index (χ4n) is 3.03. The molecule has 33 heavy (non-hydrogen) atoms. The maximum absolute atomic E-state index is 13.2. The van der Waals surface area contributed by atoms with Gasteiger partial charge < -0.3 is 15.8 Å². The first-order chi connectivity index (χ1) is 15.8. The normalized spacial score (nSPS) is 11.2. The van der Waals surface area contributed by atoms with E-state index in [0.717, 1.165) is 17.7 Å². The van der Waals surface area contributed by atoms with Gasteiger partial charge in [0, 0.05) is 29.2 Å². The predicted octanol–water partition coefficient (Wildman–Crippen LogP) is 5.73. The van der Waals surface area contributed by atoms with Crippen molar-refractivity contribution in [3.05, 3.63) is 89.1 Å². The molecule has 0 saturated heterocycles. The highest BCUT2D eigenvalue weighted by Gasteiger charge is 2.31. The Hall–Kier alpha value is -3.92. The summed E-state index contributed by atoms with van der Waals surface area (Å²) in [6.07, 6.45) is -2.87. The van der Waals surface area contributed by atoms with E-state index in [2.05, 4.69) is 15.3 Å². The van der Waals surface area contributed by atoms with Crippen molar-refractivity contribution >= 4 is 22.4 Å². The highest BCUT2D eigenvalue weighted by atomic mass is 32.1. The van der Waals surface area contributed by atoms with Crippen LogP contribution in [0.25, 0.3) is 11.3 Å². The Bertz CT molecular complexity index is 1260. The van der Waals surface area contributed by atoms with Crippen LogP contribution in [0.1, 0.15) is 21.6 Å². The van der Waals surface area contributed by atoms with E-state index in [4.69, 9.17) is 10.5 Å². The van der Waals surface area contributed by atoms with Crippen LogP contribution in [0.4, 0.5) is 18.3 Å². The monoisotopic (exact) mass is 470 g/mol. The minimum atomic E-state index is -4.47. The van der Waals surface area contributed by atoms with Gasteiger partial charge in [-0.3, -0.25) is 4.79 Å². The zero-order chi connectivity index (χ0) is 23.4. The number of amides is 1. The third-order valence-electron chi connectivity index (χ3n) is 4.63. The highest BCUT2D eigenvalue weighted by molar-refractivity contribution is 7.13. The second kappa shape index (κ2) is 9.29.